The van der Waals surface area contributed by atoms with E-state index in [-0.39, 0.29) is 28.6 Å². The van der Waals surface area contributed by atoms with E-state index >= 15 is 4.39 Å². The van der Waals surface area contributed by atoms with Crippen LogP contribution in [0, 0.1) is 5.82 Å². The fraction of sp³-hybridized carbons (Fsp3) is 0.222. The van der Waals surface area contributed by atoms with Gasteiger partial charge in [-0.15, -0.1) is 0 Å². The van der Waals surface area contributed by atoms with E-state index in [0.29, 0.717) is 45.8 Å². The molecule has 1 unspecified atom stereocenters. The summed E-state index contributed by atoms with van der Waals surface area (Å²) in [5.41, 5.74) is 1.22. The molecular formula is C27H22Cl2FN3O3S. The summed E-state index contributed by atoms with van der Waals surface area (Å²) in [6, 6.07) is 16.8. The van der Waals surface area contributed by atoms with E-state index in [0.717, 1.165) is 5.56 Å². The molecule has 1 saturated carbocycles. The molecule has 0 bridgehead atoms. The Hall–Kier alpha value is -3.07. The third-order valence-electron chi connectivity index (χ3n) is 6.31. The Morgan fingerprint density at radius 1 is 1.11 bits per heavy atom. The Kier molecular flexibility index (Phi) is 7.16. The number of amides is 1. The lowest BCUT2D eigenvalue weighted by Crippen LogP contribution is -2.17. The van der Waals surface area contributed by atoms with Crippen molar-refractivity contribution in [2.45, 2.75) is 36.5 Å². The van der Waals surface area contributed by atoms with Gasteiger partial charge in [0.1, 0.15) is 5.82 Å². The molecule has 4 aromatic rings. The molecule has 0 spiro atoms. The maximum Gasteiger partial charge on any atom is 0.257 e. The summed E-state index contributed by atoms with van der Waals surface area (Å²) >= 11 is 12.5. The third kappa shape index (κ3) is 5.32. The van der Waals surface area contributed by atoms with Gasteiger partial charge in [0.15, 0.2) is 5.82 Å². The summed E-state index contributed by atoms with van der Waals surface area (Å²) in [7, 11) is -1.05. The number of rotatable bonds is 8. The standard InChI is InChI=1S/C27H22Cl2FN3O3S/c1-2-37(35)20-9-3-16(4-10-20)13-23(34)31-19-14-21(29)24(22(30)15-19)27(11-12-27)26-32-25(36-33-26)17-5-7-18(28)8-6-17/h3-10,14-15H,2,11-13H2,1H3,(H,31,34). The highest BCUT2D eigenvalue weighted by atomic mass is 35.5. The number of nitrogens with one attached hydrogen (secondary N) is 1. The number of carbonyl (C=O) groups is 1. The van der Waals surface area contributed by atoms with Gasteiger partial charge >= 0.3 is 0 Å². The Morgan fingerprint density at radius 3 is 2.43 bits per heavy atom. The molecule has 1 amide bonds. The number of aromatic nitrogens is 2. The molecule has 0 radical (unpaired) electrons. The molecule has 0 aliphatic heterocycles. The van der Waals surface area contributed by atoms with Crippen LogP contribution in [-0.4, -0.2) is 26.0 Å². The summed E-state index contributed by atoms with van der Waals surface area (Å²) in [4.78, 5) is 17.8. The average molecular weight is 558 g/mol. The minimum atomic E-state index is -1.05. The zero-order valence-electron chi connectivity index (χ0n) is 19.8. The van der Waals surface area contributed by atoms with Crippen LogP contribution in [0.4, 0.5) is 10.1 Å². The van der Waals surface area contributed by atoms with Crippen molar-refractivity contribution in [1.82, 2.24) is 10.1 Å². The van der Waals surface area contributed by atoms with Crippen molar-refractivity contribution < 1.29 is 17.9 Å². The van der Waals surface area contributed by atoms with E-state index in [4.69, 9.17) is 27.7 Å². The first-order valence-electron chi connectivity index (χ1n) is 11.7. The molecule has 5 rings (SSSR count). The molecule has 10 heteroatoms. The molecule has 1 atom stereocenters. The highest BCUT2D eigenvalue weighted by molar-refractivity contribution is 7.85. The fourth-order valence-corrected chi connectivity index (χ4v) is 5.54. The van der Waals surface area contributed by atoms with Crippen LogP contribution < -0.4 is 5.32 Å². The SMILES string of the molecule is CCS(=O)c1ccc(CC(=O)Nc2cc(F)c(C3(c4noc(-c5ccc(Cl)cc5)n4)CC3)c(Cl)c2)cc1. The van der Waals surface area contributed by atoms with Crippen molar-refractivity contribution in [3.8, 4) is 11.5 Å². The normalized spacial score (nSPS) is 14.8. The molecule has 37 heavy (non-hydrogen) atoms. The van der Waals surface area contributed by atoms with Gasteiger partial charge in [-0.05, 0) is 66.9 Å². The van der Waals surface area contributed by atoms with E-state index in [1.807, 2.05) is 6.92 Å². The van der Waals surface area contributed by atoms with Crippen LogP contribution in [0.2, 0.25) is 10.0 Å². The van der Waals surface area contributed by atoms with Gasteiger partial charge in [-0.2, -0.15) is 4.98 Å². The van der Waals surface area contributed by atoms with Crippen molar-refractivity contribution in [1.29, 1.82) is 0 Å². The molecule has 0 saturated heterocycles. The summed E-state index contributed by atoms with van der Waals surface area (Å²) < 4.78 is 32.7. The van der Waals surface area contributed by atoms with Gasteiger partial charge in [0.2, 0.25) is 5.91 Å². The number of anilines is 1. The van der Waals surface area contributed by atoms with Crippen molar-refractivity contribution in [3.05, 3.63) is 93.5 Å². The highest BCUT2D eigenvalue weighted by Gasteiger charge is 2.53. The first-order valence-corrected chi connectivity index (χ1v) is 13.7. The average Bonchev–Trinajstić information content (AvgIpc) is 3.50. The topological polar surface area (TPSA) is 85.1 Å². The van der Waals surface area contributed by atoms with Crippen LogP contribution in [0.3, 0.4) is 0 Å². The van der Waals surface area contributed by atoms with Gasteiger partial charge in [0.05, 0.1) is 22.6 Å². The van der Waals surface area contributed by atoms with E-state index in [1.165, 1.54) is 12.1 Å². The largest absolute Gasteiger partial charge is 0.334 e. The Balaban J connectivity index is 1.32. The quantitative estimate of drug-likeness (QED) is 0.264. The highest BCUT2D eigenvalue weighted by Crippen LogP contribution is 2.55. The first-order chi connectivity index (χ1) is 17.8. The smallest absolute Gasteiger partial charge is 0.257 e. The fourth-order valence-electron chi connectivity index (χ4n) is 4.26. The summed E-state index contributed by atoms with van der Waals surface area (Å²) in [5.74, 6) is 0.332. The van der Waals surface area contributed by atoms with Crippen molar-refractivity contribution in [2.75, 3.05) is 11.1 Å². The Morgan fingerprint density at radius 2 is 1.81 bits per heavy atom. The number of hydrogen-bond acceptors (Lipinski definition) is 5. The van der Waals surface area contributed by atoms with Gasteiger partial charge in [-0.25, -0.2) is 4.39 Å². The second-order valence-electron chi connectivity index (χ2n) is 8.83. The van der Waals surface area contributed by atoms with Crippen molar-refractivity contribution in [2.24, 2.45) is 0 Å². The van der Waals surface area contributed by atoms with Crippen molar-refractivity contribution >= 4 is 45.6 Å². The predicted octanol–water partition coefficient (Wildman–Crippen LogP) is 6.57. The second kappa shape index (κ2) is 10.4. The minimum Gasteiger partial charge on any atom is -0.334 e. The van der Waals surface area contributed by atoms with Gasteiger partial charge in [0.25, 0.3) is 5.89 Å². The number of carbonyl (C=O) groups excluding carboxylic acids is 1. The van der Waals surface area contributed by atoms with Crippen LogP contribution in [0.15, 0.2) is 70.1 Å². The summed E-state index contributed by atoms with van der Waals surface area (Å²) in [5, 5.41) is 7.59. The number of benzene rings is 3. The van der Waals surface area contributed by atoms with Crippen LogP contribution >= 0.6 is 23.2 Å². The van der Waals surface area contributed by atoms with E-state index < -0.39 is 22.0 Å². The molecule has 190 valence electrons. The maximum atomic E-state index is 15.4. The first kappa shape index (κ1) is 25.6. The minimum absolute atomic E-state index is 0.0836. The molecule has 1 N–H and O–H groups in total. The zero-order valence-corrected chi connectivity index (χ0v) is 22.1. The molecule has 1 fully saturated rings. The van der Waals surface area contributed by atoms with Crippen LogP contribution in [0.1, 0.15) is 36.7 Å². The maximum absolute atomic E-state index is 15.4. The third-order valence-corrected chi connectivity index (χ3v) is 8.19. The summed E-state index contributed by atoms with van der Waals surface area (Å²) in [6.07, 6.45) is 1.32. The van der Waals surface area contributed by atoms with Crippen LogP contribution in [0.25, 0.3) is 11.5 Å². The lowest BCUT2D eigenvalue weighted by molar-refractivity contribution is -0.115. The van der Waals surface area contributed by atoms with Crippen LogP contribution in [-0.2, 0) is 27.4 Å². The molecular weight excluding hydrogens is 536 g/mol. The molecule has 1 aromatic heterocycles. The lowest BCUT2D eigenvalue weighted by atomic mass is 9.94. The molecule has 1 heterocycles. The lowest BCUT2D eigenvalue weighted by Gasteiger charge is -2.16. The number of halogens is 3. The second-order valence-corrected chi connectivity index (χ2v) is 11.4. The predicted molar refractivity (Wildman–Crippen MR) is 142 cm³/mol. The Labute approximate surface area is 225 Å². The molecule has 1 aliphatic rings. The van der Waals surface area contributed by atoms with Crippen LogP contribution in [0.5, 0.6) is 0 Å². The molecule has 6 nitrogen and oxygen atoms in total. The van der Waals surface area contributed by atoms with E-state index in [2.05, 4.69) is 15.5 Å². The Bertz CT molecular complexity index is 1460. The number of hydrogen-bond donors (Lipinski definition) is 1. The molecule has 1 aliphatic carbocycles. The monoisotopic (exact) mass is 557 g/mol. The van der Waals surface area contributed by atoms with Gasteiger partial charge in [-0.3, -0.25) is 9.00 Å². The van der Waals surface area contributed by atoms with Gasteiger partial charge in [0, 0.05) is 37.5 Å². The van der Waals surface area contributed by atoms with Crippen molar-refractivity contribution in [3.63, 3.8) is 0 Å². The number of nitrogens with zero attached hydrogens (tertiary/aromatic N) is 2. The van der Waals surface area contributed by atoms with Gasteiger partial charge < -0.3 is 9.84 Å². The van der Waals surface area contributed by atoms with E-state index in [1.54, 1.807) is 48.5 Å². The van der Waals surface area contributed by atoms with E-state index in [9.17, 15) is 9.00 Å². The molecule has 3 aromatic carbocycles. The summed E-state index contributed by atoms with van der Waals surface area (Å²) in [6.45, 7) is 1.85. The van der Waals surface area contributed by atoms with Gasteiger partial charge in [-0.1, -0.05) is 47.4 Å². The zero-order chi connectivity index (χ0) is 26.2.